The number of aliphatic hydroxyl groups is 1. The van der Waals surface area contributed by atoms with Crippen molar-refractivity contribution in [3.8, 4) is 28.3 Å². The minimum Gasteiger partial charge on any atom is -0.389 e. The highest BCUT2D eigenvalue weighted by atomic mass is 79.9. The van der Waals surface area contributed by atoms with Gasteiger partial charge in [-0.15, -0.1) is 5.10 Å². The summed E-state index contributed by atoms with van der Waals surface area (Å²) >= 11 is 3.40. The number of fused-ring (bicyclic) bond motifs is 3. The predicted molar refractivity (Wildman–Crippen MR) is 152 cm³/mol. The van der Waals surface area contributed by atoms with Gasteiger partial charge in [-0.25, -0.2) is 13.5 Å². The molecule has 7 nitrogen and oxygen atoms in total. The number of hydrogen-bond acceptors (Lipinski definition) is 6. The topological polar surface area (TPSA) is 104 Å². The van der Waals surface area contributed by atoms with Crippen molar-refractivity contribution < 1.29 is 13.9 Å². The number of halogens is 3. The SMILES string of the molecule is CC(C)(O)Cn1nnc2cc(-c3ccc(CN4[C@@H]5CC[C@H]4[C@@H](N)C5)cc3-c3ccc(C#N)c(F)c3)c(F)c(Br)c21. The smallest absolute Gasteiger partial charge is 0.147 e. The molecule has 6 rings (SSSR count). The van der Waals surface area contributed by atoms with Crippen LogP contribution >= 0.6 is 15.9 Å². The van der Waals surface area contributed by atoms with Crippen LogP contribution in [-0.4, -0.2) is 48.7 Å². The third kappa shape index (κ3) is 4.71. The van der Waals surface area contributed by atoms with Crippen molar-refractivity contribution >= 4 is 27.0 Å². The maximum atomic E-state index is 16.1. The number of rotatable bonds is 6. The molecule has 0 aliphatic carbocycles. The van der Waals surface area contributed by atoms with Crippen molar-refractivity contribution in [2.75, 3.05) is 0 Å². The Morgan fingerprint density at radius 3 is 2.58 bits per heavy atom. The molecule has 2 bridgehead atoms. The van der Waals surface area contributed by atoms with E-state index in [0.29, 0.717) is 46.4 Å². The summed E-state index contributed by atoms with van der Waals surface area (Å²) < 4.78 is 32.5. The quantitative estimate of drug-likeness (QED) is 0.300. The van der Waals surface area contributed by atoms with E-state index in [2.05, 4.69) is 31.1 Å². The van der Waals surface area contributed by atoms with Crippen molar-refractivity contribution in [2.24, 2.45) is 5.73 Å². The lowest BCUT2D eigenvalue weighted by atomic mass is 9.91. The summed E-state index contributed by atoms with van der Waals surface area (Å²) in [6.07, 6.45) is 3.21. The molecule has 4 aromatic rings. The molecule has 3 aromatic carbocycles. The van der Waals surface area contributed by atoms with E-state index >= 15 is 4.39 Å². The molecule has 2 aliphatic heterocycles. The molecule has 0 amide bonds. The van der Waals surface area contributed by atoms with Gasteiger partial charge in [0.1, 0.15) is 28.7 Å². The number of hydrogen-bond donors (Lipinski definition) is 2. The Kier molecular flexibility index (Phi) is 6.74. The van der Waals surface area contributed by atoms with Crippen molar-refractivity contribution in [1.29, 1.82) is 5.26 Å². The van der Waals surface area contributed by atoms with Gasteiger partial charge in [0.2, 0.25) is 0 Å². The molecule has 3 N–H and O–H groups in total. The third-order valence-corrected chi connectivity index (χ3v) is 8.81. The summed E-state index contributed by atoms with van der Waals surface area (Å²) in [5.74, 6) is -1.15. The molecule has 2 fully saturated rings. The van der Waals surface area contributed by atoms with E-state index in [-0.39, 0.29) is 28.2 Å². The second kappa shape index (κ2) is 10.00. The molecule has 0 spiro atoms. The average molecular weight is 608 g/mol. The number of aromatic nitrogens is 3. The third-order valence-electron chi connectivity index (χ3n) is 8.08. The normalized spacial score (nSPS) is 20.9. The zero-order chi connectivity index (χ0) is 28.3. The van der Waals surface area contributed by atoms with E-state index in [1.807, 2.05) is 24.3 Å². The second-order valence-electron chi connectivity index (χ2n) is 11.5. The van der Waals surface area contributed by atoms with E-state index in [4.69, 9.17) is 5.73 Å². The summed E-state index contributed by atoms with van der Waals surface area (Å²) in [6, 6.07) is 14.7. The van der Waals surface area contributed by atoms with Crippen LogP contribution < -0.4 is 5.73 Å². The Balaban J connectivity index is 1.48. The number of nitrogens with zero attached hydrogens (tertiary/aromatic N) is 5. The van der Waals surface area contributed by atoms with Crippen LogP contribution in [0.2, 0.25) is 0 Å². The van der Waals surface area contributed by atoms with Gasteiger partial charge in [-0.2, -0.15) is 5.26 Å². The number of nitriles is 1. The van der Waals surface area contributed by atoms with Crippen LogP contribution in [0.1, 0.15) is 44.2 Å². The van der Waals surface area contributed by atoms with Crippen LogP contribution in [0.25, 0.3) is 33.3 Å². The van der Waals surface area contributed by atoms with Crippen molar-refractivity contribution in [2.45, 2.75) is 69.9 Å². The van der Waals surface area contributed by atoms with Crippen LogP contribution in [0.15, 0.2) is 46.9 Å². The minimum absolute atomic E-state index is 0.0529. The molecule has 0 radical (unpaired) electrons. The molecule has 3 heterocycles. The summed E-state index contributed by atoms with van der Waals surface area (Å²) in [5, 5.41) is 27.9. The largest absolute Gasteiger partial charge is 0.389 e. The molecule has 2 aliphatic rings. The molecule has 10 heteroatoms. The van der Waals surface area contributed by atoms with Gasteiger partial charge in [0.25, 0.3) is 0 Å². The van der Waals surface area contributed by atoms with E-state index in [9.17, 15) is 14.8 Å². The molecular weight excluding hydrogens is 578 g/mol. The minimum atomic E-state index is -1.07. The summed E-state index contributed by atoms with van der Waals surface area (Å²) in [4.78, 5) is 2.45. The molecule has 1 aromatic heterocycles. The maximum Gasteiger partial charge on any atom is 0.147 e. The lowest BCUT2D eigenvalue weighted by Crippen LogP contribution is -2.36. The predicted octanol–water partition coefficient (Wildman–Crippen LogP) is 5.51. The monoisotopic (exact) mass is 606 g/mol. The number of nitrogens with two attached hydrogens (primary N) is 1. The zero-order valence-electron chi connectivity index (χ0n) is 22.2. The Labute approximate surface area is 239 Å². The molecular formula is C30H29BrF2N6O. The summed E-state index contributed by atoms with van der Waals surface area (Å²) in [6.45, 7) is 4.12. The fourth-order valence-corrected chi connectivity index (χ4v) is 6.91. The van der Waals surface area contributed by atoms with Crippen molar-refractivity contribution in [3.05, 3.63) is 69.7 Å². The number of benzene rings is 3. The zero-order valence-corrected chi connectivity index (χ0v) is 23.8. The van der Waals surface area contributed by atoms with Gasteiger partial charge in [-0.3, -0.25) is 4.90 Å². The molecule has 0 saturated carbocycles. The fraction of sp³-hybridized carbons (Fsp3) is 0.367. The first-order valence-corrected chi connectivity index (χ1v) is 14.1. The van der Waals surface area contributed by atoms with Gasteiger partial charge in [0.15, 0.2) is 0 Å². The van der Waals surface area contributed by atoms with Crippen LogP contribution in [0.3, 0.4) is 0 Å². The van der Waals surface area contributed by atoms with Crippen molar-refractivity contribution in [3.63, 3.8) is 0 Å². The van der Waals surface area contributed by atoms with Gasteiger partial charge in [-0.1, -0.05) is 23.4 Å². The average Bonchev–Trinajstić information content (AvgIpc) is 3.57. The van der Waals surface area contributed by atoms with E-state index in [1.54, 1.807) is 26.0 Å². The fourth-order valence-electron chi connectivity index (χ4n) is 6.29. The lowest BCUT2D eigenvalue weighted by Gasteiger charge is -2.23. The highest BCUT2D eigenvalue weighted by Crippen LogP contribution is 2.42. The molecule has 3 atom stereocenters. The highest BCUT2D eigenvalue weighted by molar-refractivity contribution is 9.10. The first-order valence-electron chi connectivity index (χ1n) is 13.3. The van der Waals surface area contributed by atoms with E-state index in [0.717, 1.165) is 24.8 Å². The molecule has 206 valence electrons. The molecule has 40 heavy (non-hydrogen) atoms. The Morgan fingerprint density at radius 1 is 1.12 bits per heavy atom. The van der Waals surface area contributed by atoms with Crippen LogP contribution in [-0.2, 0) is 13.1 Å². The summed E-state index contributed by atoms with van der Waals surface area (Å²) in [7, 11) is 0. The second-order valence-corrected chi connectivity index (χ2v) is 12.3. The Morgan fingerprint density at radius 2 is 1.93 bits per heavy atom. The highest BCUT2D eigenvalue weighted by Gasteiger charge is 2.44. The first-order chi connectivity index (χ1) is 19.0. The summed E-state index contributed by atoms with van der Waals surface area (Å²) in [5.41, 5.74) is 9.17. The first kappa shape index (κ1) is 27.0. The maximum absolute atomic E-state index is 16.1. The van der Waals surface area contributed by atoms with Gasteiger partial charge in [0, 0.05) is 30.2 Å². The van der Waals surface area contributed by atoms with Crippen molar-refractivity contribution in [1.82, 2.24) is 19.9 Å². The molecule has 0 unspecified atom stereocenters. The van der Waals surface area contributed by atoms with E-state index in [1.165, 1.54) is 16.8 Å². The molecule has 2 saturated heterocycles. The van der Waals surface area contributed by atoms with Gasteiger partial charge >= 0.3 is 0 Å². The van der Waals surface area contributed by atoms with E-state index < -0.39 is 17.2 Å². The van der Waals surface area contributed by atoms with Gasteiger partial charge in [-0.05, 0) is 95.6 Å². The lowest BCUT2D eigenvalue weighted by molar-refractivity contribution is 0.0584. The standard InChI is InChI=1S/C30H29BrF2N6O/c1-30(2,40)15-39-29-25(36-37-39)12-22(28(33)27(29)31)20-7-3-16(14-38-19-6-8-26(38)24(35)11-19)9-21(20)17-4-5-18(13-34)23(32)10-17/h3-5,7,9-10,12,19,24,26,40H,6,8,11,14-15,35H2,1-2H3/t19-,24+,26+/m1/s1. The van der Waals surface area contributed by atoms with Gasteiger partial charge < -0.3 is 10.8 Å². The van der Waals surface area contributed by atoms with Gasteiger partial charge in [0.05, 0.1) is 22.2 Å². The Bertz CT molecular complexity index is 1670. The van der Waals surface area contributed by atoms with Crippen LogP contribution in [0.4, 0.5) is 8.78 Å². The Hall–Kier alpha value is -3.23. The van der Waals surface area contributed by atoms with Crippen LogP contribution in [0, 0.1) is 23.0 Å². The van der Waals surface area contributed by atoms with Crippen LogP contribution in [0.5, 0.6) is 0 Å².